The van der Waals surface area contributed by atoms with E-state index in [1.807, 2.05) is 23.1 Å². The first-order chi connectivity index (χ1) is 13.6. The highest BCUT2D eigenvalue weighted by Crippen LogP contribution is 2.28. The Balaban J connectivity index is 1.65. The van der Waals surface area contributed by atoms with Crippen molar-refractivity contribution < 1.29 is 23.6 Å². The molecule has 2 N–H and O–H groups in total. The molecule has 1 fully saturated rings. The molecule has 150 valence electrons. The summed E-state index contributed by atoms with van der Waals surface area (Å²) in [6.45, 7) is 1.98. The molecule has 1 unspecified atom stereocenters. The van der Waals surface area contributed by atoms with E-state index in [-0.39, 0.29) is 24.8 Å². The van der Waals surface area contributed by atoms with E-state index in [9.17, 15) is 9.59 Å². The summed E-state index contributed by atoms with van der Waals surface area (Å²) >= 11 is 0. The second kappa shape index (κ2) is 9.23. The van der Waals surface area contributed by atoms with Crippen molar-refractivity contribution in [2.45, 2.75) is 25.6 Å². The molecule has 0 spiro atoms. The van der Waals surface area contributed by atoms with Crippen LogP contribution in [-0.2, 0) is 22.7 Å². The summed E-state index contributed by atoms with van der Waals surface area (Å²) in [6, 6.07) is 6.77. The SMILES string of the molecule is COc1ccc(CN2CCNC(=O)C2CC(=O)NCc2ccon2)cc1OC. The summed E-state index contributed by atoms with van der Waals surface area (Å²) < 4.78 is 15.3. The molecule has 1 atom stereocenters. The van der Waals surface area contributed by atoms with Crippen molar-refractivity contribution in [1.29, 1.82) is 0 Å². The summed E-state index contributed by atoms with van der Waals surface area (Å²) in [6.07, 6.45) is 1.51. The number of methoxy groups -OCH3 is 2. The fourth-order valence-electron chi connectivity index (χ4n) is 3.15. The van der Waals surface area contributed by atoms with Gasteiger partial charge in [0.15, 0.2) is 11.5 Å². The van der Waals surface area contributed by atoms with Gasteiger partial charge in [-0.05, 0) is 17.7 Å². The lowest BCUT2D eigenvalue weighted by atomic mass is 10.1. The first-order valence-corrected chi connectivity index (χ1v) is 8.99. The first-order valence-electron chi connectivity index (χ1n) is 8.99. The topological polar surface area (TPSA) is 106 Å². The third-order valence-corrected chi connectivity index (χ3v) is 4.61. The molecule has 1 aliphatic rings. The largest absolute Gasteiger partial charge is 0.493 e. The van der Waals surface area contributed by atoms with Crippen LogP contribution in [0.25, 0.3) is 0 Å². The van der Waals surface area contributed by atoms with Crippen LogP contribution in [0.2, 0.25) is 0 Å². The second-order valence-corrected chi connectivity index (χ2v) is 6.44. The molecular formula is C19H24N4O5. The number of nitrogens with one attached hydrogen (secondary N) is 2. The van der Waals surface area contributed by atoms with Crippen LogP contribution < -0.4 is 20.1 Å². The lowest BCUT2D eigenvalue weighted by Crippen LogP contribution is -2.56. The molecule has 9 heteroatoms. The summed E-state index contributed by atoms with van der Waals surface area (Å²) in [5, 5.41) is 9.35. The van der Waals surface area contributed by atoms with Gasteiger partial charge in [-0.15, -0.1) is 0 Å². The maximum absolute atomic E-state index is 12.4. The third kappa shape index (κ3) is 4.80. The van der Waals surface area contributed by atoms with E-state index < -0.39 is 6.04 Å². The number of benzene rings is 1. The Morgan fingerprint density at radius 1 is 1.32 bits per heavy atom. The summed E-state index contributed by atoms with van der Waals surface area (Å²) in [5.41, 5.74) is 1.60. The van der Waals surface area contributed by atoms with E-state index >= 15 is 0 Å². The molecule has 1 aliphatic heterocycles. The molecule has 0 saturated carbocycles. The minimum atomic E-state index is -0.542. The van der Waals surface area contributed by atoms with E-state index in [0.29, 0.717) is 36.8 Å². The minimum Gasteiger partial charge on any atom is -0.493 e. The molecule has 0 aliphatic carbocycles. The predicted octanol–water partition coefficient (Wildman–Crippen LogP) is 0.699. The fraction of sp³-hybridized carbons (Fsp3) is 0.421. The van der Waals surface area contributed by atoms with Crippen LogP contribution in [0.1, 0.15) is 17.7 Å². The molecule has 1 aromatic carbocycles. The van der Waals surface area contributed by atoms with Gasteiger partial charge in [0.25, 0.3) is 0 Å². The van der Waals surface area contributed by atoms with Gasteiger partial charge in [-0.25, -0.2) is 0 Å². The molecule has 2 aromatic rings. The number of aromatic nitrogens is 1. The van der Waals surface area contributed by atoms with Gasteiger partial charge in [0.05, 0.1) is 33.2 Å². The van der Waals surface area contributed by atoms with Crippen molar-refractivity contribution in [2.75, 3.05) is 27.3 Å². The maximum atomic E-state index is 12.4. The summed E-state index contributed by atoms with van der Waals surface area (Å²) in [7, 11) is 3.16. The van der Waals surface area contributed by atoms with Crippen LogP contribution in [0.3, 0.4) is 0 Å². The first kappa shape index (κ1) is 19.7. The van der Waals surface area contributed by atoms with Crippen LogP contribution in [0, 0.1) is 0 Å². The molecule has 9 nitrogen and oxygen atoms in total. The average Bonchev–Trinajstić information content (AvgIpc) is 3.22. The van der Waals surface area contributed by atoms with Gasteiger partial charge in [-0.3, -0.25) is 14.5 Å². The molecule has 1 saturated heterocycles. The second-order valence-electron chi connectivity index (χ2n) is 6.44. The third-order valence-electron chi connectivity index (χ3n) is 4.61. The minimum absolute atomic E-state index is 0.0664. The maximum Gasteiger partial charge on any atom is 0.237 e. The number of hydrogen-bond donors (Lipinski definition) is 2. The summed E-state index contributed by atoms with van der Waals surface area (Å²) in [5.74, 6) is 0.903. The van der Waals surface area contributed by atoms with Crippen molar-refractivity contribution in [2.24, 2.45) is 0 Å². The van der Waals surface area contributed by atoms with E-state index in [2.05, 4.69) is 15.8 Å². The number of carbonyl (C=O) groups is 2. The van der Waals surface area contributed by atoms with Crippen molar-refractivity contribution in [1.82, 2.24) is 20.7 Å². The number of ether oxygens (including phenoxy) is 2. The number of rotatable bonds is 8. The van der Waals surface area contributed by atoms with E-state index in [1.165, 1.54) is 6.26 Å². The van der Waals surface area contributed by atoms with Crippen molar-refractivity contribution >= 4 is 11.8 Å². The normalized spacial score (nSPS) is 17.1. The number of carbonyl (C=O) groups excluding carboxylic acids is 2. The summed E-state index contributed by atoms with van der Waals surface area (Å²) in [4.78, 5) is 26.7. The smallest absolute Gasteiger partial charge is 0.237 e. The monoisotopic (exact) mass is 388 g/mol. The highest BCUT2D eigenvalue weighted by molar-refractivity contribution is 5.88. The molecular weight excluding hydrogens is 364 g/mol. The Kier molecular flexibility index (Phi) is 6.49. The lowest BCUT2D eigenvalue weighted by molar-refractivity contribution is -0.134. The van der Waals surface area contributed by atoms with Gasteiger partial charge < -0.3 is 24.6 Å². The molecule has 28 heavy (non-hydrogen) atoms. The number of amides is 2. The molecule has 2 amide bonds. The van der Waals surface area contributed by atoms with Crippen LogP contribution in [-0.4, -0.2) is 55.2 Å². The molecule has 3 rings (SSSR count). The Morgan fingerprint density at radius 2 is 2.14 bits per heavy atom. The molecule has 1 aromatic heterocycles. The van der Waals surface area contributed by atoms with Crippen molar-refractivity contribution in [3.05, 3.63) is 41.8 Å². The van der Waals surface area contributed by atoms with Gasteiger partial charge >= 0.3 is 0 Å². The Labute approximate surface area is 163 Å². The van der Waals surface area contributed by atoms with Gasteiger partial charge in [0.2, 0.25) is 11.8 Å². The van der Waals surface area contributed by atoms with E-state index in [1.54, 1.807) is 20.3 Å². The van der Waals surface area contributed by atoms with Gasteiger partial charge in [0, 0.05) is 25.7 Å². The zero-order chi connectivity index (χ0) is 19.9. The van der Waals surface area contributed by atoms with E-state index in [0.717, 1.165) is 5.56 Å². The Hall–Kier alpha value is -3.07. The zero-order valence-electron chi connectivity index (χ0n) is 15.9. The fourth-order valence-corrected chi connectivity index (χ4v) is 3.15. The molecule has 2 heterocycles. The highest BCUT2D eigenvalue weighted by Gasteiger charge is 2.31. The average molecular weight is 388 g/mol. The molecule has 0 bridgehead atoms. The Morgan fingerprint density at radius 3 is 2.86 bits per heavy atom. The molecule has 0 radical (unpaired) electrons. The number of hydrogen-bond acceptors (Lipinski definition) is 7. The van der Waals surface area contributed by atoms with Crippen LogP contribution in [0.15, 0.2) is 35.1 Å². The standard InChI is InChI=1S/C19H24N4O5/c1-26-16-4-3-13(9-17(16)27-2)12-23-7-6-20-19(25)15(23)10-18(24)21-11-14-5-8-28-22-14/h3-5,8-9,15H,6-7,10-12H2,1-2H3,(H,20,25)(H,21,24). The van der Waals surface area contributed by atoms with Gasteiger partial charge in [-0.1, -0.05) is 11.2 Å². The van der Waals surface area contributed by atoms with E-state index in [4.69, 9.17) is 14.0 Å². The van der Waals surface area contributed by atoms with Crippen molar-refractivity contribution in [3.63, 3.8) is 0 Å². The van der Waals surface area contributed by atoms with Crippen LogP contribution in [0.4, 0.5) is 0 Å². The zero-order valence-corrected chi connectivity index (χ0v) is 15.9. The predicted molar refractivity (Wildman–Crippen MR) is 99.7 cm³/mol. The van der Waals surface area contributed by atoms with Crippen molar-refractivity contribution in [3.8, 4) is 11.5 Å². The quantitative estimate of drug-likeness (QED) is 0.686. The van der Waals surface area contributed by atoms with Gasteiger partial charge in [0.1, 0.15) is 12.0 Å². The number of nitrogens with zero attached hydrogens (tertiary/aromatic N) is 2. The lowest BCUT2D eigenvalue weighted by Gasteiger charge is -2.34. The van der Waals surface area contributed by atoms with Crippen LogP contribution in [0.5, 0.6) is 11.5 Å². The van der Waals surface area contributed by atoms with Crippen LogP contribution >= 0.6 is 0 Å². The number of piperazine rings is 1. The Bertz CT molecular complexity index is 809. The van der Waals surface area contributed by atoms with Gasteiger partial charge in [-0.2, -0.15) is 0 Å². The highest BCUT2D eigenvalue weighted by atomic mass is 16.5.